The SMILES string of the molecule is CC/C=C\C/C=C\C/C=C\C/C=C\C/C=C\C/C=C\CCCCC(=O)OC(/C=C/CCCCCCCCCCCCC)C(COP(=O)([O-])OCC[N+](C)(C)C)NC(=O)CCCCCCCCC/C=C/CCCCCCCC. The topological polar surface area (TPSA) is 114 Å². The summed E-state index contributed by atoms with van der Waals surface area (Å²) >= 11 is 0. The number of nitrogens with zero attached hydrogens (tertiary/aromatic N) is 1. The van der Waals surface area contributed by atoms with E-state index >= 15 is 0 Å². The van der Waals surface area contributed by atoms with Crippen LogP contribution in [-0.2, 0) is 27.9 Å². The summed E-state index contributed by atoms with van der Waals surface area (Å²) in [6.07, 6.45) is 75.1. The molecule has 9 nitrogen and oxygen atoms in total. The van der Waals surface area contributed by atoms with E-state index in [0.717, 1.165) is 103 Å². The van der Waals surface area contributed by atoms with Crippen LogP contribution in [0.25, 0.3) is 0 Å². The molecule has 0 spiro atoms. The second kappa shape index (κ2) is 56.2. The summed E-state index contributed by atoms with van der Waals surface area (Å²) < 4.78 is 30.3. The summed E-state index contributed by atoms with van der Waals surface area (Å²) in [7, 11) is 1.15. The average molecular weight is 1100 g/mol. The lowest BCUT2D eigenvalue weighted by Crippen LogP contribution is -2.47. The number of hydrogen-bond donors (Lipinski definition) is 1. The third kappa shape index (κ3) is 57.4. The fraction of sp³-hybridized carbons (Fsp3) is 0.731. The zero-order valence-electron chi connectivity index (χ0n) is 50.6. The van der Waals surface area contributed by atoms with Crippen molar-refractivity contribution in [1.82, 2.24) is 5.32 Å². The van der Waals surface area contributed by atoms with Crippen LogP contribution in [0.2, 0.25) is 0 Å². The second-order valence-electron chi connectivity index (χ2n) is 22.2. The first-order chi connectivity index (χ1) is 37.4. The van der Waals surface area contributed by atoms with Gasteiger partial charge in [0, 0.05) is 12.8 Å². The number of ether oxygens (including phenoxy) is 1. The molecule has 1 amide bonds. The van der Waals surface area contributed by atoms with Crippen molar-refractivity contribution in [2.75, 3.05) is 40.9 Å². The Bertz CT molecular complexity index is 1640. The Balaban J connectivity index is 5.37. The zero-order valence-corrected chi connectivity index (χ0v) is 51.5. The number of allylic oxidation sites excluding steroid dienone is 15. The smallest absolute Gasteiger partial charge is 0.306 e. The minimum atomic E-state index is -4.72. The van der Waals surface area contributed by atoms with Crippen molar-refractivity contribution in [3.63, 3.8) is 0 Å². The molecule has 444 valence electrons. The van der Waals surface area contributed by atoms with Crippen molar-refractivity contribution in [3.8, 4) is 0 Å². The van der Waals surface area contributed by atoms with Crippen molar-refractivity contribution in [2.45, 2.75) is 277 Å². The molecule has 0 aromatic rings. The first-order valence-electron chi connectivity index (χ1n) is 31.5. The standard InChI is InChI=1S/C67H119N2O7P/c1-7-10-13-16-19-22-25-28-30-32-33-34-35-37-39-42-45-48-51-54-57-60-67(71)76-65(58-55-52-49-46-43-40-27-24-21-18-15-12-9-3)64(63-75-77(72,73)74-62-61-69(4,5)6)68-66(70)59-56-53-50-47-44-41-38-36-31-29-26-23-20-17-14-11-8-2/h10,13,19,22,28-31,33-34,37,39,45,48,55,58,64-65H,7-9,11-12,14-18,20-21,23-27,32,35-36,38,40-44,46-47,49-54,56-57,59-63H2,1-6H3,(H-,68,70,72,73)/b13-10-,22-19-,30-28-,31-29+,34-33-,39-37-,48-45-,58-55+. The lowest BCUT2D eigenvalue weighted by Gasteiger charge is -2.30. The summed E-state index contributed by atoms with van der Waals surface area (Å²) in [5.41, 5.74) is 0. The van der Waals surface area contributed by atoms with Gasteiger partial charge in [-0.1, -0.05) is 240 Å². The molecule has 1 N–H and O–H groups in total. The molecule has 0 aliphatic rings. The van der Waals surface area contributed by atoms with Crippen molar-refractivity contribution in [2.24, 2.45) is 0 Å². The Labute approximate surface area is 475 Å². The van der Waals surface area contributed by atoms with Crippen LogP contribution in [0.1, 0.15) is 265 Å². The van der Waals surface area contributed by atoms with Gasteiger partial charge in [0.2, 0.25) is 5.91 Å². The van der Waals surface area contributed by atoms with Gasteiger partial charge in [-0.3, -0.25) is 14.2 Å². The minimum absolute atomic E-state index is 0.0342. The van der Waals surface area contributed by atoms with E-state index in [2.05, 4.69) is 111 Å². The van der Waals surface area contributed by atoms with Gasteiger partial charge in [-0.05, 0) is 109 Å². The first kappa shape index (κ1) is 73.9. The van der Waals surface area contributed by atoms with Crippen molar-refractivity contribution in [3.05, 3.63) is 97.2 Å². The molecule has 0 saturated heterocycles. The minimum Gasteiger partial charge on any atom is -0.756 e. The van der Waals surface area contributed by atoms with E-state index < -0.39 is 26.6 Å². The Morgan fingerprint density at radius 3 is 1.27 bits per heavy atom. The molecule has 0 bridgehead atoms. The number of esters is 1. The van der Waals surface area contributed by atoms with Gasteiger partial charge in [-0.25, -0.2) is 0 Å². The van der Waals surface area contributed by atoms with E-state index in [1.54, 1.807) is 0 Å². The molecule has 0 aliphatic heterocycles. The van der Waals surface area contributed by atoms with E-state index in [9.17, 15) is 19.0 Å². The maximum absolute atomic E-state index is 13.5. The molecule has 0 fully saturated rings. The fourth-order valence-electron chi connectivity index (χ4n) is 8.64. The van der Waals surface area contributed by atoms with Crippen LogP contribution in [0, 0.1) is 0 Å². The van der Waals surface area contributed by atoms with E-state index in [0.29, 0.717) is 23.9 Å². The monoisotopic (exact) mass is 1090 g/mol. The Kier molecular flexibility index (Phi) is 54.0. The van der Waals surface area contributed by atoms with Crippen LogP contribution >= 0.6 is 7.82 Å². The third-order valence-electron chi connectivity index (χ3n) is 13.5. The Hall–Kier alpha value is -3.07. The number of carbonyl (C=O) groups is 2. The van der Waals surface area contributed by atoms with Gasteiger partial charge in [0.1, 0.15) is 19.3 Å². The lowest BCUT2D eigenvalue weighted by molar-refractivity contribution is -0.870. The van der Waals surface area contributed by atoms with Gasteiger partial charge in [-0.15, -0.1) is 0 Å². The number of amides is 1. The predicted molar refractivity (Wildman–Crippen MR) is 330 cm³/mol. The number of unbranched alkanes of at least 4 members (excludes halogenated alkanes) is 26. The third-order valence-corrected chi connectivity index (χ3v) is 14.5. The summed E-state index contributed by atoms with van der Waals surface area (Å²) in [6, 6.07) is -0.914. The number of quaternary nitrogens is 1. The molecule has 3 unspecified atom stereocenters. The predicted octanol–water partition coefficient (Wildman–Crippen LogP) is 18.9. The van der Waals surface area contributed by atoms with Gasteiger partial charge in [-0.2, -0.15) is 0 Å². The maximum Gasteiger partial charge on any atom is 0.306 e. The number of rotatable bonds is 56. The molecule has 3 atom stereocenters. The number of carbonyl (C=O) groups excluding carboxylic acids is 2. The number of phosphoric ester groups is 1. The highest BCUT2D eigenvalue weighted by molar-refractivity contribution is 7.45. The summed E-state index contributed by atoms with van der Waals surface area (Å²) in [5, 5.41) is 3.02. The molecule has 77 heavy (non-hydrogen) atoms. The molecule has 10 heteroatoms. The van der Waals surface area contributed by atoms with Gasteiger partial charge in [0.15, 0.2) is 0 Å². The van der Waals surface area contributed by atoms with Crippen molar-refractivity contribution < 1.29 is 37.3 Å². The van der Waals surface area contributed by atoms with Crippen LogP contribution in [0.3, 0.4) is 0 Å². The van der Waals surface area contributed by atoms with Gasteiger partial charge in [0.05, 0.1) is 33.8 Å². The van der Waals surface area contributed by atoms with Crippen LogP contribution < -0.4 is 10.2 Å². The molecule has 0 heterocycles. The Morgan fingerprint density at radius 2 is 0.831 bits per heavy atom. The van der Waals surface area contributed by atoms with Crippen LogP contribution in [0.15, 0.2) is 97.2 Å². The molecule has 0 aromatic carbocycles. The highest BCUT2D eigenvalue weighted by atomic mass is 31.2. The normalized spacial score (nSPS) is 14.3. The number of hydrogen-bond acceptors (Lipinski definition) is 7. The summed E-state index contributed by atoms with van der Waals surface area (Å²) in [6.45, 7) is 6.70. The molecule has 0 aromatic heterocycles. The molecular weight excluding hydrogens is 976 g/mol. The molecule has 0 aliphatic carbocycles. The highest BCUT2D eigenvalue weighted by Gasteiger charge is 2.27. The van der Waals surface area contributed by atoms with Crippen molar-refractivity contribution >= 4 is 19.7 Å². The van der Waals surface area contributed by atoms with Crippen LogP contribution in [-0.4, -0.2) is 69.4 Å². The van der Waals surface area contributed by atoms with Crippen LogP contribution in [0.5, 0.6) is 0 Å². The first-order valence-corrected chi connectivity index (χ1v) is 33.0. The summed E-state index contributed by atoms with van der Waals surface area (Å²) in [4.78, 5) is 40.0. The molecule has 0 saturated carbocycles. The van der Waals surface area contributed by atoms with E-state index in [1.165, 1.54) is 122 Å². The zero-order chi connectivity index (χ0) is 56.4. The maximum atomic E-state index is 13.5. The summed E-state index contributed by atoms with van der Waals surface area (Å²) in [5.74, 6) is -0.598. The quantitative estimate of drug-likeness (QED) is 0.0212. The van der Waals surface area contributed by atoms with E-state index in [4.69, 9.17) is 13.8 Å². The van der Waals surface area contributed by atoms with Gasteiger partial charge in [0.25, 0.3) is 7.82 Å². The van der Waals surface area contributed by atoms with Gasteiger partial charge >= 0.3 is 5.97 Å². The second-order valence-corrected chi connectivity index (χ2v) is 23.6. The van der Waals surface area contributed by atoms with Gasteiger partial charge < -0.3 is 28.5 Å². The number of likely N-dealkylation sites (N-methyl/N-ethyl adjacent to an activating group) is 1. The van der Waals surface area contributed by atoms with E-state index in [-0.39, 0.29) is 24.9 Å². The highest BCUT2D eigenvalue weighted by Crippen LogP contribution is 2.38. The fourth-order valence-corrected chi connectivity index (χ4v) is 9.36. The van der Waals surface area contributed by atoms with Crippen LogP contribution in [0.4, 0.5) is 0 Å². The molecule has 0 radical (unpaired) electrons. The van der Waals surface area contributed by atoms with E-state index in [1.807, 2.05) is 33.3 Å². The van der Waals surface area contributed by atoms with Crippen molar-refractivity contribution in [1.29, 1.82) is 0 Å². The number of phosphoric acid groups is 1. The number of nitrogens with one attached hydrogen (secondary N) is 1. The average Bonchev–Trinajstić information content (AvgIpc) is 3.39. The Morgan fingerprint density at radius 1 is 0.468 bits per heavy atom. The largest absolute Gasteiger partial charge is 0.756 e. The molecular formula is C67H119N2O7P. The lowest BCUT2D eigenvalue weighted by atomic mass is 10.0. The molecule has 0 rings (SSSR count).